The molecule has 27 nitrogen and oxygen atoms in total. The SMILES string of the molecule is C#CCOCCOCCOCCOCCOCCOCCOCCOCCOCCOCCOCCOCCOCCOCCOCCOCCOCCOCCOCCOCCOCCOCCOCCOCCOCCC(=O)O. The maximum Gasteiger partial charge on any atom is 0.305 e. The summed E-state index contributed by atoms with van der Waals surface area (Å²) >= 11 is 0. The summed E-state index contributed by atoms with van der Waals surface area (Å²) in [5.74, 6) is 1.52. The number of hydrogen-bond donors (Lipinski definition) is 1. The van der Waals surface area contributed by atoms with Crippen LogP contribution in [0.4, 0.5) is 0 Å². The molecule has 0 aromatic carbocycles. The summed E-state index contributed by atoms with van der Waals surface area (Å²) in [6.07, 6.45) is 5.09. The van der Waals surface area contributed by atoms with E-state index in [2.05, 4.69) is 5.92 Å². The number of carbonyl (C=O) groups is 1. The summed E-state index contributed by atoms with van der Waals surface area (Å²) in [7, 11) is 0. The molecule has 0 heterocycles. The van der Waals surface area contributed by atoms with E-state index in [-0.39, 0.29) is 13.0 Å². The van der Waals surface area contributed by atoms with E-state index in [0.29, 0.717) is 324 Å². The molecule has 0 saturated heterocycles. The Morgan fingerprint density at radius 3 is 0.395 bits per heavy atom. The highest BCUT2D eigenvalue weighted by atomic mass is 16.6. The predicted octanol–water partition coefficient (Wildman–Crippen LogP) is 0.509. The maximum atomic E-state index is 10.4. The summed E-state index contributed by atoms with van der Waals surface area (Å²) in [5, 5.41) is 8.52. The van der Waals surface area contributed by atoms with Crippen molar-refractivity contribution in [3.05, 3.63) is 0 Å². The molecule has 0 aliphatic carbocycles. The van der Waals surface area contributed by atoms with E-state index < -0.39 is 5.97 Å². The van der Waals surface area contributed by atoms with E-state index in [0.717, 1.165) is 0 Å². The largest absolute Gasteiger partial charge is 0.481 e. The molecular formula is C54H104O27. The Bertz CT molecular complexity index is 1200. The minimum atomic E-state index is -0.880. The fourth-order valence-electron chi connectivity index (χ4n) is 5.57. The quantitative estimate of drug-likeness (QED) is 0.0642. The van der Waals surface area contributed by atoms with Gasteiger partial charge in [-0.25, -0.2) is 0 Å². The van der Waals surface area contributed by atoms with Gasteiger partial charge in [-0.15, -0.1) is 6.42 Å². The molecule has 0 saturated carbocycles. The zero-order valence-corrected chi connectivity index (χ0v) is 48.7. The lowest BCUT2D eigenvalue weighted by molar-refractivity contribution is -0.138. The van der Waals surface area contributed by atoms with Gasteiger partial charge >= 0.3 is 5.97 Å². The Morgan fingerprint density at radius 1 is 0.198 bits per heavy atom. The first-order chi connectivity index (χ1) is 40.3. The summed E-state index contributed by atoms with van der Waals surface area (Å²) in [6.45, 7) is 23.4. The van der Waals surface area contributed by atoms with Crippen LogP contribution in [0, 0.1) is 12.3 Å². The summed E-state index contributed by atoms with van der Waals surface area (Å²) < 4.78 is 136. The van der Waals surface area contributed by atoms with Gasteiger partial charge in [0.15, 0.2) is 0 Å². The first-order valence-electron chi connectivity index (χ1n) is 28.4. The minimum Gasteiger partial charge on any atom is -0.481 e. The summed E-state index contributed by atoms with van der Waals surface area (Å²) in [4.78, 5) is 10.4. The van der Waals surface area contributed by atoms with Crippen molar-refractivity contribution in [1.29, 1.82) is 0 Å². The molecule has 0 radical (unpaired) electrons. The van der Waals surface area contributed by atoms with Crippen molar-refractivity contribution in [2.45, 2.75) is 6.42 Å². The van der Waals surface area contributed by atoms with Crippen LogP contribution in [0.1, 0.15) is 6.42 Å². The van der Waals surface area contributed by atoms with Crippen molar-refractivity contribution in [3.63, 3.8) is 0 Å². The molecule has 482 valence electrons. The first-order valence-corrected chi connectivity index (χ1v) is 28.4. The zero-order valence-electron chi connectivity index (χ0n) is 48.7. The summed E-state index contributed by atoms with van der Waals surface area (Å²) in [6, 6.07) is 0. The Balaban J connectivity index is 3.08. The molecule has 0 spiro atoms. The predicted molar refractivity (Wildman–Crippen MR) is 292 cm³/mol. The fraction of sp³-hybridized carbons (Fsp3) is 0.944. The number of rotatable bonds is 76. The zero-order chi connectivity index (χ0) is 58.0. The summed E-state index contributed by atoms with van der Waals surface area (Å²) in [5.41, 5.74) is 0. The third-order valence-corrected chi connectivity index (χ3v) is 9.57. The van der Waals surface area contributed by atoms with Gasteiger partial charge < -0.3 is 124 Å². The molecule has 0 atom stereocenters. The molecule has 0 aromatic heterocycles. The van der Waals surface area contributed by atoms with Crippen LogP contribution in [0.2, 0.25) is 0 Å². The minimum absolute atomic E-state index is 0.0102. The second-order valence-electron chi connectivity index (χ2n) is 16.1. The Kier molecular flexibility index (Phi) is 74.2. The monoisotopic (exact) mass is 1180 g/mol. The molecule has 27 heteroatoms. The van der Waals surface area contributed by atoms with Crippen LogP contribution in [-0.4, -0.2) is 341 Å². The second kappa shape index (κ2) is 76.0. The fourth-order valence-corrected chi connectivity index (χ4v) is 5.57. The maximum absolute atomic E-state index is 10.4. The Hall–Kier alpha value is -1.97. The molecule has 0 bridgehead atoms. The van der Waals surface area contributed by atoms with Crippen LogP contribution in [-0.2, 0) is 123 Å². The number of ether oxygens (including phenoxy) is 25. The van der Waals surface area contributed by atoms with Crippen LogP contribution in [0.3, 0.4) is 0 Å². The number of aliphatic carboxylic acids is 1. The van der Waals surface area contributed by atoms with E-state index in [1.807, 2.05) is 0 Å². The van der Waals surface area contributed by atoms with Gasteiger partial charge in [-0.2, -0.15) is 0 Å². The van der Waals surface area contributed by atoms with Crippen molar-refractivity contribution in [2.24, 2.45) is 0 Å². The number of hydrogen-bond acceptors (Lipinski definition) is 26. The van der Waals surface area contributed by atoms with Crippen molar-refractivity contribution in [3.8, 4) is 12.3 Å². The van der Waals surface area contributed by atoms with Crippen molar-refractivity contribution in [1.82, 2.24) is 0 Å². The second-order valence-corrected chi connectivity index (χ2v) is 16.1. The van der Waals surface area contributed by atoms with Gasteiger partial charge in [0.05, 0.1) is 330 Å². The van der Waals surface area contributed by atoms with Crippen LogP contribution in [0.15, 0.2) is 0 Å². The highest BCUT2D eigenvalue weighted by Crippen LogP contribution is 1.92. The van der Waals surface area contributed by atoms with Crippen molar-refractivity contribution >= 4 is 5.97 Å². The number of terminal acetylenes is 1. The van der Waals surface area contributed by atoms with Crippen LogP contribution >= 0.6 is 0 Å². The van der Waals surface area contributed by atoms with Gasteiger partial charge in [0.1, 0.15) is 6.61 Å². The highest BCUT2D eigenvalue weighted by molar-refractivity contribution is 5.66. The normalized spacial score (nSPS) is 11.6. The van der Waals surface area contributed by atoms with Crippen LogP contribution in [0.25, 0.3) is 0 Å². The Morgan fingerprint density at radius 2 is 0.296 bits per heavy atom. The molecule has 0 aliphatic heterocycles. The van der Waals surface area contributed by atoms with E-state index in [1.54, 1.807) is 0 Å². The number of carboxylic acids is 1. The lowest BCUT2D eigenvalue weighted by Crippen LogP contribution is -2.16. The molecule has 0 fully saturated rings. The van der Waals surface area contributed by atoms with E-state index >= 15 is 0 Å². The third-order valence-electron chi connectivity index (χ3n) is 9.57. The van der Waals surface area contributed by atoms with E-state index in [4.69, 9.17) is 130 Å². The van der Waals surface area contributed by atoms with Crippen LogP contribution in [0.5, 0.6) is 0 Å². The average Bonchev–Trinajstić information content (AvgIpc) is 3.47. The lowest BCUT2D eigenvalue weighted by Gasteiger charge is -2.09. The van der Waals surface area contributed by atoms with Crippen molar-refractivity contribution in [2.75, 3.05) is 330 Å². The van der Waals surface area contributed by atoms with E-state index in [1.165, 1.54) is 0 Å². The Labute approximate surface area is 482 Å². The topological polar surface area (TPSA) is 268 Å². The lowest BCUT2D eigenvalue weighted by atomic mass is 10.5. The van der Waals surface area contributed by atoms with Gasteiger partial charge in [-0.3, -0.25) is 4.79 Å². The van der Waals surface area contributed by atoms with Crippen LogP contribution < -0.4 is 0 Å². The molecule has 0 rings (SSSR count). The first kappa shape index (κ1) is 79.0. The third kappa shape index (κ3) is 78.0. The molecule has 0 aliphatic rings. The molecule has 1 N–H and O–H groups in total. The molecule has 0 amide bonds. The smallest absolute Gasteiger partial charge is 0.305 e. The number of carboxylic acid groups (broad SMARTS) is 1. The van der Waals surface area contributed by atoms with Gasteiger partial charge in [0.2, 0.25) is 0 Å². The van der Waals surface area contributed by atoms with Gasteiger partial charge in [0.25, 0.3) is 0 Å². The highest BCUT2D eigenvalue weighted by Gasteiger charge is 2.01. The average molecular weight is 1190 g/mol. The molecule has 0 unspecified atom stereocenters. The molecule has 81 heavy (non-hydrogen) atoms. The standard InChI is InChI=1S/C54H104O27/c1-2-4-57-6-8-59-10-12-61-14-16-63-18-20-65-22-24-67-26-28-69-30-32-71-34-36-73-38-40-75-42-44-77-46-48-79-50-52-81-53-51-80-49-47-78-45-43-76-41-39-74-37-35-72-33-31-70-29-27-68-25-23-66-21-19-64-17-15-62-13-11-60-9-7-58-5-3-54(55)56/h1H,3-53H2,(H,55,56). The van der Waals surface area contributed by atoms with Gasteiger partial charge in [-0.05, 0) is 0 Å². The molecule has 0 aromatic rings. The van der Waals surface area contributed by atoms with E-state index in [9.17, 15) is 4.79 Å². The molecular weight excluding hydrogens is 1080 g/mol. The van der Waals surface area contributed by atoms with Crippen molar-refractivity contribution < 1.29 is 128 Å². The van der Waals surface area contributed by atoms with Gasteiger partial charge in [-0.1, -0.05) is 5.92 Å². The van der Waals surface area contributed by atoms with Gasteiger partial charge in [0, 0.05) is 0 Å².